The Balaban J connectivity index is 1.67. The van der Waals surface area contributed by atoms with E-state index < -0.39 is 0 Å². The zero-order chi connectivity index (χ0) is 15.4. The molecule has 2 aromatic heterocycles. The Bertz CT molecular complexity index is 657. The van der Waals surface area contributed by atoms with Crippen molar-refractivity contribution in [2.45, 2.75) is 18.9 Å². The van der Waals surface area contributed by atoms with Crippen LogP contribution >= 0.6 is 11.3 Å². The van der Waals surface area contributed by atoms with Crippen LogP contribution in [0, 0.1) is 0 Å². The molecule has 3 rings (SSSR count). The predicted molar refractivity (Wildman–Crippen MR) is 85.1 cm³/mol. The van der Waals surface area contributed by atoms with E-state index in [9.17, 15) is 9.59 Å². The Morgan fingerprint density at radius 1 is 1.36 bits per heavy atom. The lowest BCUT2D eigenvalue weighted by atomic mass is 10.2. The number of aromatic nitrogens is 2. The van der Waals surface area contributed by atoms with Crippen molar-refractivity contribution < 1.29 is 4.79 Å². The molecule has 0 radical (unpaired) electrons. The summed E-state index contributed by atoms with van der Waals surface area (Å²) in [4.78, 5) is 26.8. The van der Waals surface area contributed by atoms with Crippen molar-refractivity contribution >= 4 is 17.2 Å². The van der Waals surface area contributed by atoms with Gasteiger partial charge in [-0.3, -0.25) is 14.5 Å². The molecule has 2 N–H and O–H groups in total. The molecule has 0 aliphatic carbocycles. The summed E-state index contributed by atoms with van der Waals surface area (Å²) in [6, 6.07) is 7.09. The van der Waals surface area contributed by atoms with E-state index in [1.165, 1.54) is 29.9 Å². The lowest BCUT2D eigenvalue weighted by molar-refractivity contribution is 0.0932. The largest absolute Gasteiger partial charge is 0.349 e. The van der Waals surface area contributed by atoms with Crippen LogP contribution in [0.25, 0.3) is 0 Å². The fourth-order valence-electron chi connectivity index (χ4n) is 2.69. The number of likely N-dealkylation sites (tertiary alicyclic amines) is 1. The van der Waals surface area contributed by atoms with Gasteiger partial charge in [0.05, 0.1) is 6.04 Å². The third-order valence-electron chi connectivity index (χ3n) is 3.82. The van der Waals surface area contributed by atoms with Gasteiger partial charge in [-0.2, -0.15) is 5.10 Å². The van der Waals surface area contributed by atoms with Gasteiger partial charge in [-0.05, 0) is 43.4 Å². The summed E-state index contributed by atoms with van der Waals surface area (Å²) in [5.74, 6) is -0.267. The number of carbonyl (C=O) groups excluding carboxylic acids is 1. The molecule has 1 unspecified atom stereocenters. The maximum absolute atomic E-state index is 12.1. The van der Waals surface area contributed by atoms with Gasteiger partial charge < -0.3 is 5.32 Å². The van der Waals surface area contributed by atoms with E-state index in [0.29, 0.717) is 6.54 Å². The average molecular weight is 318 g/mol. The zero-order valence-electron chi connectivity index (χ0n) is 12.1. The van der Waals surface area contributed by atoms with Gasteiger partial charge in [0.2, 0.25) is 0 Å². The predicted octanol–water partition coefficient (Wildman–Crippen LogP) is 1.40. The van der Waals surface area contributed by atoms with Crippen molar-refractivity contribution in [3.05, 3.63) is 50.6 Å². The van der Waals surface area contributed by atoms with Gasteiger partial charge in [-0.25, -0.2) is 5.10 Å². The SMILES string of the molecule is O=C(NCC(c1cccs1)N1CCCC1)c1ccc(=O)[nH]n1. The number of hydrogen-bond donors (Lipinski definition) is 2. The van der Waals surface area contributed by atoms with Crippen molar-refractivity contribution in [2.75, 3.05) is 19.6 Å². The van der Waals surface area contributed by atoms with Gasteiger partial charge in [-0.15, -0.1) is 11.3 Å². The van der Waals surface area contributed by atoms with Crippen LogP contribution in [0.4, 0.5) is 0 Å². The number of nitrogens with zero attached hydrogens (tertiary/aromatic N) is 2. The first-order valence-electron chi connectivity index (χ1n) is 7.35. The molecule has 1 aliphatic heterocycles. The Kier molecular flexibility index (Phi) is 4.65. The molecule has 6 nitrogen and oxygen atoms in total. The molecule has 1 atom stereocenters. The van der Waals surface area contributed by atoms with Crippen LogP contribution in [-0.4, -0.2) is 40.6 Å². The molecule has 22 heavy (non-hydrogen) atoms. The second-order valence-corrected chi connectivity index (χ2v) is 6.27. The standard InChI is InChI=1S/C15H18N4O2S/c20-14-6-5-11(17-18-14)15(21)16-10-12(13-4-3-9-22-13)19-7-1-2-8-19/h3-6,9,12H,1-2,7-8,10H2,(H,16,21)(H,18,20). The summed E-state index contributed by atoms with van der Waals surface area (Å²) >= 11 is 1.71. The van der Waals surface area contributed by atoms with Gasteiger partial charge >= 0.3 is 0 Å². The molecule has 1 saturated heterocycles. The minimum atomic E-state index is -0.315. The van der Waals surface area contributed by atoms with E-state index >= 15 is 0 Å². The molecule has 116 valence electrons. The first-order chi connectivity index (χ1) is 10.7. The number of amides is 1. The van der Waals surface area contributed by atoms with E-state index in [4.69, 9.17) is 0 Å². The second-order valence-electron chi connectivity index (χ2n) is 5.29. The van der Waals surface area contributed by atoms with Gasteiger partial charge in [0, 0.05) is 17.5 Å². The maximum atomic E-state index is 12.1. The number of rotatable bonds is 5. The first-order valence-corrected chi connectivity index (χ1v) is 8.23. The molecule has 1 amide bonds. The number of H-pyrrole nitrogens is 1. The van der Waals surface area contributed by atoms with Crippen molar-refractivity contribution in [3.63, 3.8) is 0 Å². The third-order valence-corrected chi connectivity index (χ3v) is 4.79. The van der Waals surface area contributed by atoms with E-state index in [0.717, 1.165) is 13.1 Å². The fraction of sp³-hybridized carbons (Fsp3) is 0.400. The van der Waals surface area contributed by atoms with Gasteiger partial charge in [-0.1, -0.05) is 6.07 Å². The van der Waals surface area contributed by atoms with Crippen LogP contribution in [0.1, 0.15) is 34.2 Å². The number of hydrogen-bond acceptors (Lipinski definition) is 5. The van der Waals surface area contributed by atoms with Crippen LogP contribution in [0.15, 0.2) is 34.4 Å². The van der Waals surface area contributed by atoms with E-state index in [1.54, 1.807) is 11.3 Å². The van der Waals surface area contributed by atoms with Crippen molar-refractivity contribution in [1.29, 1.82) is 0 Å². The highest BCUT2D eigenvalue weighted by Crippen LogP contribution is 2.27. The summed E-state index contributed by atoms with van der Waals surface area (Å²) in [6.45, 7) is 2.67. The number of nitrogens with one attached hydrogen (secondary N) is 2. The van der Waals surface area contributed by atoms with Crippen LogP contribution in [-0.2, 0) is 0 Å². The number of aromatic amines is 1. The normalized spacial score (nSPS) is 16.5. The van der Waals surface area contributed by atoms with Crippen molar-refractivity contribution in [2.24, 2.45) is 0 Å². The second kappa shape index (κ2) is 6.85. The van der Waals surface area contributed by atoms with Crippen molar-refractivity contribution in [3.8, 4) is 0 Å². The molecule has 7 heteroatoms. The Morgan fingerprint density at radius 2 is 2.18 bits per heavy atom. The summed E-state index contributed by atoms with van der Waals surface area (Å²) in [6.07, 6.45) is 2.41. The highest BCUT2D eigenvalue weighted by Gasteiger charge is 2.24. The third kappa shape index (κ3) is 3.42. The first kappa shape index (κ1) is 14.9. The average Bonchev–Trinajstić information content (AvgIpc) is 3.22. The molecule has 0 spiro atoms. The monoisotopic (exact) mass is 318 g/mol. The molecule has 0 bridgehead atoms. The van der Waals surface area contributed by atoms with Crippen LogP contribution in [0.5, 0.6) is 0 Å². The van der Waals surface area contributed by atoms with Crippen LogP contribution < -0.4 is 10.9 Å². The highest BCUT2D eigenvalue weighted by atomic mass is 32.1. The summed E-state index contributed by atoms with van der Waals surface area (Å²) in [5.41, 5.74) is -0.0870. The molecule has 2 aromatic rings. The van der Waals surface area contributed by atoms with E-state index in [-0.39, 0.29) is 23.2 Å². The molecule has 0 aromatic carbocycles. The quantitative estimate of drug-likeness (QED) is 0.873. The molecular formula is C15H18N4O2S. The van der Waals surface area contributed by atoms with Gasteiger partial charge in [0.15, 0.2) is 0 Å². The highest BCUT2D eigenvalue weighted by molar-refractivity contribution is 7.10. The van der Waals surface area contributed by atoms with Crippen LogP contribution in [0.2, 0.25) is 0 Å². The minimum absolute atomic E-state index is 0.203. The maximum Gasteiger partial charge on any atom is 0.271 e. The fourth-order valence-corrected chi connectivity index (χ4v) is 3.56. The molecule has 1 fully saturated rings. The van der Waals surface area contributed by atoms with Crippen molar-refractivity contribution in [1.82, 2.24) is 20.4 Å². The topological polar surface area (TPSA) is 78.1 Å². The lowest BCUT2D eigenvalue weighted by Gasteiger charge is -2.26. The molecule has 3 heterocycles. The summed E-state index contributed by atoms with van der Waals surface area (Å²) in [7, 11) is 0. The zero-order valence-corrected chi connectivity index (χ0v) is 12.9. The molecular weight excluding hydrogens is 300 g/mol. The molecule has 1 aliphatic rings. The Hall–Kier alpha value is -1.99. The van der Waals surface area contributed by atoms with E-state index in [1.807, 2.05) is 6.07 Å². The summed E-state index contributed by atoms with van der Waals surface area (Å²) < 4.78 is 0. The van der Waals surface area contributed by atoms with Gasteiger partial charge in [0.25, 0.3) is 11.5 Å². The molecule has 0 saturated carbocycles. The minimum Gasteiger partial charge on any atom is -0.349 e. The Labute approximate surface area is 132 Å². The Morgan fingerprint density at radius 3 is 2.82 bits per heavy atom. The van der Waals surface area contributed by atoms with Crippen LogP contribution in [0.3, 0.4) is 0 Å². The smallest absolute Gasteiger partial charge is 0.271 e. The van der Waals surface area contributed by atoms with E-state index in [2.05, 4.69) is 31.9 Å². The lowest BCUT2D eigenvalue weighted by Crippen LogP contribution is -2.36. The number of carbonyl (C=O) groups is 1. The summed E-state index contributed by atoms with van der Waals surface area (Å²) in [5, 5.41) is 11.0. The number of thiophene rings is 1. The van der Waals surface area contributed by atoms with Gasteiger partial charge in [0.1, 0.15) is 5.69 Å².